The first-order valence-corrected chi connectivity index (χ1v) is 3.84. The topological polar surface area (TPSA) is 42.4 Å². The van der Waals surface area contributed by atoms with Crippen molar-refractivity contribution < 1.29 is 13.9 Å². The highest BCUT2D eigenvalue weighted by molar-refractivity contribution is 5.88. The molecule has 1 saturated heterocycles. The molecule has 0 bridgehead atoms. The minimum absolute atomic E-state index is 0.0324. The number of cyclic esters (lactones) is 1. The quantitative estimate of drug-likeness (QED) is 0.654. The molecule has 4 nitrogen and oxygen atoms in total. The molecule has 0 radical (unpaired) electrons. The Balaban J connectivity index is 2.34. The van der Waals surface area contributed by atoms with Crippen LogP contribution in [0, 0.1) is 5.82 Å². The van der Waals surface area contributed by atoms with Crippen molar-refractivity contribution in [1.29, 1.82) is 0 Å². The third-order valence-electron chi connectivity index (χ3n) is 1.76. The SMILES string of the molecule is O=C1OCCN1c1ncccc1F. The van der Waals surface area contributed by atoms with E-state index in [-0.39, 0.29) is 12.4 Å². The van der Waals surface area contributed by atoms with Crippen molar-refractivity contribution in [3.8, 4) is 0 Å². The maximum Gasteiger partial charge on any atom is 0.415 e. The molecular weight excluding hydrogens is 175 g/mol. The summed E-state index contributed by atoms with van der Waals surface area (Å²) in [6, 6.07) is 2.73. The van der Waals surface area contributed by atoms with Crippen LogP contribution >= 0.6 is 0 Å². The number of pyridine rings is 1. The van der Waals surface area contributed by atoms with Gasteiger partial charge >= 0.3 is 6.09 Å². The molecule has 0 atom stereocenters. The summed E-state index contributed by atoms with van der Waals surface area (Å²) in [4.78, 5) is 16.0. The second-order valence-corrected chi connectivity index (χ2v) is 2.57. The Morgan fingerprint density at radius 2 is 2.46 bits per heavy atom. The second-order valence-electron chi connectivity index (χ2n) is 2.57. The minimum Gasteiger partial charge on any atom is -0.447 e. The number of anilines is 1. The molecule has 1 aromatic heterocycles. The molecule has 0 spiro atoms. The van der Waals surface area contributed by atoms with Crippen molar-refractivity contribution in [3.05, 3.63) is 24.1 Å². The number of rotatable bonds is 1. The third kappa shape index (κ3) is 1.32. The van der Waals surface area contributed by atoms with Gasteiger partial charge in [0, 0.05) is 6.20 Å². The van der Waals surface area contributed by atoms with Gasteiger partial charge in [0.25, 0.3) is 0 Å². The van der Waals surface area contributed by atoms with E-state index in [1.165, 1.54) is 23.2 Å². The summed E-state index contributed by atoms with van der Waals surface area (Å²) < 4.78 is 17.8. The fourth-order valence-corrected chi connectivity index (χ4v) is 1.16. The van der Waals surface area contributed by atoms with Crippen molar-refractivity contribution >= 4 is 11.9 Å². The molecule has 0 saturated carbocycles. The van der Waals surface area contributed by atoms with Crippen molar-refractivity contribution in [1.82, 2.24) is 4.98 Å². The van der Waals surface area contributed by atoms with Crippen molar-refractivity contribution in [2.45, 2.75) is 0 Å². The van der Waals surface area contributed by atoms with Gasteiger partial charge in [-0.05, 0) is 12.1 Å². The molecule has 1 aromatic rings. The Morgan fingerprint density at radius 1 is 1.62 bits per heavy atom. The molecule has 1 amide bonds. The van der Waals surface area contributed by atoms with Crippen LogP contribution in [0.4, 0.5) is 15.0 Å². The molecule has 0 N–H and O–H groups in total. The van der Waals surface area contributed by atoms with Crippen molar-refractivity contribution in [3.63, 3.8) is 0 Å². The van der Waals surface area contributed by atoms with E-state index in [2.05, 4.69) is 9.72 Å². The lowest BCUT2D eigenvalue weighted by Crippen LogP contribution is -2.25. The Hall–Kier alpha value is -1.65. The highest BCUT2D eigenvalue weighted by atomic mass is 19.1. The number of carbonyl (C=O) groups is 1. The summed E-state index contributed by atoms with van der Waals surface area (Å²) in [6.07, 6.45) is 0.891. The van der Waals surface area contributed by atoms with Crippen LogP contribution in [0.1, 0.15) is 0 Å². The van der Waals surface area contributed by atoms with Gasteiger partial charge in [-0.15, -0.1) is 0 Å². The number of nitrogens with zero attached hydrogens (tertiary/aromatic N) is 2. The van der Waals surface area contributed by atoms with E-state index in [9.17, 15) is 9.18 Å². The van der Waals surface area contributed by atoms with Gasteiger partial charge in [-0.25, -0.2) is 14.2 Å². The first-order valence-electron chi connectivity index (χ1n) is 3.84. The Bertz CT molecular complexity index is 343. The maximum atomic E-state index is 13.1. The summed E-state index contributed by atoms with van der Waals surface area (Å²) in [7, 11) is 0. The molecule has 0 aliphatic carbocycles. The summed E-state index contributed by atoms with van der Waals surface area (Å²) in [5.41, 5.74) is 0. The first kappa shape index (κ1) is 7.97. The first-order chi connectivity index (χ1) is 6.29. The lowest BCUT2D eigenvalue weighted by Gasteiger charge is -2.10. The number of amides is 1. The molecule has 13 heavy (non-hydrogen) atoms. The summed E-state index contributed by atoms with van der Waals surface area (Å²) in [6.45, 7) is 0.640. The molecule has 2 heterocycles. The monoisotopic (exact) mass is 182 g/mol. The minimum atomic E-state index is -0.544. The molecule has 5 heteroatoms. The number of hydrogen-bond acceptors (Lipinski definition) is 3. The number of ether oxygens (including phenoxy) is 1. The van der Waals surface area contributed by atoms with Gasteiger partial charge in [-0.2, -0.15) is 0 Å². The average Bonchev–Trinajstić information content (AvgIpc) is 2.52. The zero-order valence-corrected chi connectivity index (χ0v) is 6.74. The van der Waals surface area contributed by atoms with Gasteiger partial charge in [0.2, 0.25) is 0 Å². The molecule has 0 unspecified atom stereocenters. The van der Waals surface area contributed by atoms with Crippen molar-refractivity contribution in [2.75, 3.05) is 18.1 Å². The summed E-state index contributed by atoms with van der Waals surface area (Å²) in [5.74, 6) is -0.480. The van der Waals surface area contributed by atoms with Crippen LogP contribution in [-0.4, -0.2) is 24.2 Å². The predicted molar refractivity (Wildman–Crippen MR) is 42.9 cm³/mol. The summed E-state index contributed by atoms with van der Waals surface area (Å²) >= 11 is 0. The van der Waals surface area contributed by atoms with E-state index in [1.54, 1.807) is 0 Å². The Labute approximate surface area is 73.9 Å². The van der Waals surface area contributed by atoms with Crippen LogP contribution in [0.15, 0.2) is 18.3 Å². The average molecular weight is 182 g/mol. The van der Waals surface area contributed by atoms with E-state index < -0.39 is 11.9 Å². The van der Waals surface area contributed by atoms with Gasteiger partial charge in [0.05, 0.1) is 6.54 Å². The van der Waals surface area contributed by atoms with Crippen LogP contribution in [-0.2, 0) is 4.74 Å². The summed E-state index contributed by atoms with van der Waals surface area (Å²) in [5, 5.41) is 0. The fraction of sp³-hybridized carbons (Fsp3) is 0.250. The van der Waals surface area contributed by atoms with E-state index in [1.807, 2.05) is 0 Å². The fourth-order valence-electron chi connectivity index (χ4n) is 1.16. The highest BCUT2D eigenvalue weighted by Gasteiger charge is 2.26. The van der Waals surface area contributed by atoms with Crippen LogP contribution in [0.5, 0.6) is 0 Å². The van der Waals surface area contributed by atoms with Gasteiger partial charge in [0.1, 0.15) is 6.61 Å². The zero-order valence-electron chi connectivity index (χ0n) is 6.74. The largest absolute Gasteiger partial charge is 0.447 e. The Kier molecular flexibility index (Phi) is 1.84. The zero-order chi connectivity index (χ0) is 9.26. The second kappa shape index (κ2) is 3.01. The molecule has 1 aliphatic rings. The van der Waals surface area contributed by atoms with Gasteiger partial charge in [0.15, 0.2) is 11.6 Å². The standard InChI is InChI=1S/C8H7FN2O2/c9-6-2-1-3-10-7(6)11-4-5-13-8(11)12/h1-3H,4-5H2. The molecule has 68 valence electrons. The number of halogens is 1. The lowest BCUT2D eigenvalue weighted by atomic mass is 10.4. The molecule has 0 aromatic carbocycles. The molecule has 1 aliphatic heterocycles. The van der Waals surface area contributed by atoms with E-state index in [0.717, 1.165) is 0 Å². The van der Waals surface area contributed by atoms with Crippen LogP contribution < -0.4 is 4.90 Å². The van der Waals surface area contributed by atoms with Crippen LogP contribution in [0.25, 0.3) is 0 Å². The highest BCUT2D eigenvalue weighted by Crippen LogP contribution is 2.18. The maximum absolute atomic E-state index is 13.1. The van der Waals surface area contributed by atoms with Crippen LogP contribution in [0.3, 0.4) is 0 Å². The number of aromatic nitrogens is 1. The van der Waals surface area contributed by atoms with Gasteiger partial charge in [-0.1, -0.05) is 0 Å². The third-order valence-corrected chi connectivity index (χ3v) is 1.76. The Morgan fingerprint density at radius 3 is 3.08 bits per heavy atom. The molecule has 1 fully saturated rings. The van der Waals surface area contributed by atoms with E-state index in [0.29, 0.717) is 6.54 Å². The molecule has 2 rings (SSSR count). The molecular formula is C8H7FN2O2. The normalized spacial score (nSPS) is 16.1. The van der Waals surface area contributed by atoms with E-state index >= 15 is 0 Å². The lowest BCUT2D eigenvalue weighted by molar-refractivity contribution is 0.181. The van der Waals surface area contributed by atoms with Crippen LogP contribution in [0.2, 0.25) is 0 Å². The predicted octanol–water partition coefficient (Wildman–Crippen LogP) is 1.18. The number of carbonyl (C=O) groups excluding carboxylic acids is 1. The smallest absolute Gasteiger partial charge is 0.415 e. The van der Waals surface area contributed by atoms with Gasteiger partial charge in [-0.3, -0.25) is 4.90 Å². The van der Waals surface area contributed by atoms with Crippen molar-refractivity contribution in [2.24, 2.45) is 0 Å². The van der Waals surface area contributed by atoms with E-state index in [4.69, 9.17) is 0 Å². The number of hydrogen-bond donors (Lipinski definition) is 0. The van der Waals surface area contributed by atoms with Gasteiger partial charge < -0.3 is 4.74 Å².